The van der Waals surface area contributed by atoms with Crippen LogP contribution in [0.15, 0.2) is 47.4 Å². The standard InChI is InChI=1S/C16H15ClN2O6S/c1-10-9-12(7-8-13(10)17)18(11(2)16(20)21)26(24,25)15-6-4-3-5-14(15)19(22)23/h3-9,11H,1-2H3,(H,20,21). The number of sulfonamides is 1. The Labute approximate surface area is 154 Å². The number of rotatable bonds is 6. The van der Waals surface area contributed by atoms with Crippen LogP contribution in [-0.4, -0.2) is 30.5 Å². The van der Waals surface area contributed by atoms with Gasteiger partial charge in [-0.3, -0.25) is 14.4 Å². The second kappa shape index (κ2) is 7.30. The number of hydrogen-bond acceptors (Lipinski definition) is 5. The van der Waals surface area contributed by atoms with Crippen molar-refractivity contribution in [3.8, 4) is 0 Å². The molecule has 0 aliphatic rings. The van der Waals surface area contributed by atoms with Gasteiger partial charge in [-0.1, -0.05) is 23.7 Å². The Balaban J connectivity index is 2.75. The second-order valence-electron chi connectivity index (χ2n) is 5.47. The third-order valence-electron chi connectivity index (χ3n) is 3.70. The predicted octanol–water partition coefficient (Wildman–Crippen LogP) is 3.23. The number of hydrogen-bond donors (Lipinski definition) is 1. The van der Waals surface area contributed by atoms with Crippen molar-refractivity contribution in [3.05, 3.63) is 63.2 Å². The van der Waals surface area contributed by atoms with Gasteiger partial charge in [0, 0.05) is 11.1 Å². The number of aliphatic carboxylic acids is 1. The fourth-order valence-corrected chi connectivity index (χ4v) is 4.25. The number of benzene rings is 2. The molecular formula is C16H15ClN2O6S. The average Bonchev–Trinajstić information content (AvgIpc) is 2.57. The fourth-order valence-electron chi connectivity index (χ4n) is 2.37. The number of anilines is 1. The van der Waals surface area contributed by atoms with Crippen LogP contribution in [-0.2, 0) is 14.8 Å². The van der Waals surface area contributed by atoms with Crippen LogP contribution in [0.1, 0.15) is 12.5 Å². The SMILES string of the molecule is Cc1cc(N(C(C)C(=O)O)S(=O)(=O)c2ccccc2[N+](=O)[O-])ccc1Cl. The third kappa shape index (κ3) is 3.63. The molecule has 26 heavy (non-hydrogen) atoms. The van der Waals surface area contributed by atoms with Crippen molar-refractivity contribution in [1.29, 1.82) is 0 Å². The second-order valence-corrected chi connectivity index (χ2v) is 7.66. The number of para-hydroxylation sites is 1. The van der Waals surface area contributed by atoms with Gasteiger partial charge in [-0.2, -0.15) is 0 Å². The molecule has 0 saturated carbocycles. The van der Waals surface area contributed by atoms with Crippen LogP contribution >= 0.6 is 11.6 Å². The normalized spacial score (nSPS) is 12.4. The highest BCUT2D eigenvalue weighted by Crippen LogP contribution is 2.33. The van der Waals surface area contributed by atoms with E-state index in [0.29, 0.717) is 14.9 Å². The highest BCUT2D eigenvalue weighted by atomic mass is 35.5. The first-order chi connectivity index (χ1) is 12.1. The summed E-state index contributed by atoms with van der Waals surface area (Å²) in [6.07, 6.45) is 0. The predicted molar refractivity (Wildman–Crippen MR) is 96.0 cm³/mol. The van der Waals surface area contributed by atoms with Crippen LogP contribution in [0.5, 0.6) is 0 Å². The van der Waals surface area contributed by atoms with Crippen molar-refractivity contribution in [1.82, 2.24) is 0 Å². The van der Waals surface area contributed by atoms with E-state index in [0.717, 1.165) is 12.1 Å². The molecule has 0 aromatic heterocycles. The van der Waals surface area contributed by atoms with Gasteiger partial charge >= 0.3 is 5.97 Å². The maximum Gasteiger partial charge on any atom is 0.327 e. The summed E-state index contributed by atoms with van der Waals surface area (Å²) in [7, 11) is -4.54. The van der Waals surface area contributed by atoms with Crippen molar-refractivity contribution < 1.29 is 23.2 Å². The third-order valence-corrected chi connectivity index (χ3v) is 6.07. The van der Waals surface area contributed by atoms with Gasteiger partial charge in [0.25, 0.3) is 15.7 Å². The molecule has 1 N–H and O–H groups in total. The minimum Gasteiger partial charge on any atom is -0.480 e. The fraction of sp³-hybridized carbons (Fsp3) is 0.188. The number of carbonyl (C=O) groups is 1. The summed E-state index contributed by atoms with van der Waals surface area (Å²) in [5.41, 5.74) is -0.0646. The van der Waals surface area contributed by atoms with Gasteiger partial charge in [-0.25, -0.2) is 13.2 Å². The lowest BCUT2D eigenvalue weighted by molar-refractivity contribution is -0.387. The minimum absolute atomic E-state index is 0.0416. The van der Waals surface area contributed by atoms with Gasteiger partial charge in [0.1, 0.15) is 6.04 Å². The molecule has 0 saturated heterocycles. The van der Waals surface area contributed by atoms with E-state index in [2.05, 4.69) is 0 Å². The van der Waals surface area contributed by atoms with E-state index in [1.165, 1.54) is 37.3 Å². The number of nitro groups is 1. The highest BCUT2D eigenvalue weighted by Gasteiger charge is 2.37. The summed E-state index contributed by atoms with van der Waals surface area (Å²) in [5.74, 6) is -1.40. The summed E-state index contributed by atoms with van der Waals surface area (Å²) in [4.78, 5) is 21.3. The molecule has 0 fully saturated rings. The largest absolute Gasteiger partial charge is 0.480 e. The maximum atomic E-state index is 13.1. The Morgan fingerprint density at radius 2 is 1.88 bits per heavy atom. The van der Waals surface area contributed by atoms with Gasteiger partial charge in [-0.15, -0.1) is 0 Å². The van der Waals surface area contributed by atoms with Crippen LogP contribution in [0, 0.1) is 17.0 Å². The summed E-state index contributed by atoms with van der Waals surface area (Å²) >= 11 is 5.95. The zero-order valence-electron chi connectivity index (χ0n) is 13.8. The zero-order chi connectivity index (χ0) is 19.6. The molecule has 10 heteroatoms. The molecule has 0 spiro atoms. The van der Waals surface area contributed by atoms with E-state index in [9.17, 15) is 28.4 Å². The summed E-state index contributed by atoms with van der Waals surface area (Å²) in [6.45, 7) is 2.81. The number of halogens is 1. The molecule has 2 rings (SSSR count). The number of aryl methyl sites for hydroxylation is 1. The number of nitro benzene ring substituents is 1. The Kier molecular flexibility index (Phi) is 5.53. The van der Waals surface area contributed by atoms with E-state index in [1.54, 1.807) is 6.92 Å². The molecule has 0 radical (unpaired) electrons. The van der Waals surface area contributed by atoms with Gasteiger partial charge in [0.15, 0.2) is 4.90 Å². The number of nitrogens with zero attached hydrogens (tertiary/aromatic N) is 2. The lowest BCUT2D eigenvalue weighted by Crippen LogP contribution is -2.43. The van der Waals surface area contributed by atoms with Gasteiger partial charge in [0.2, 0.25) is 0 Å². The molecule has 8 nitrogen and oxygen atoms in total. The molecule has 1 atom stereocenters. The quantitative estimate of drug-likeness (QED) is 0.589. The molecule has 2 aromatic carbocycles. The van der Waals surface area contributed by atoms with E-state index in [-0.39, 0.29) is 5.69 Å². The first kappa shape index (κ1) is 19.7. The average molecular weight is 399 g/mol. The summed E-state index contributed by atoms with van der Waals surface area (Å²) in [5, 5.41) is 21.0. The first-order valence-electron chi connectivity index (χ1n) is 7.34. The summed E-state index contributed by atoms with van der Waals surface area (Å²) in [6, 6.07) is 7.46. The van der Waals surface area contributed by atoms with Crippen LogP contribution < -0.4 is 4.31 Å². The van der Waals surface area contributed by atoms with Crippen LogP contribution in [0.3, 0.4) is 0 Å². The smallest absolute Gasteiger partial charge is 0.327 e. The topological polar surface area (TPSA) is 118 Å². The van der Waals surface area contributed by atoms with Crippen LogP contribution in [0.25, 0.3) is 0 Å². The van der Waals surface area contributed by atoms with Gasteiger partial charge in [-0.05, 0) is 43.7 Å². The van der Waals surface area contributed by atoms with Crippen molar-refractivity contribution >= 4 is 39.0 Å². The number of carboxylic acid groups (broad SMARTS) is 1. The van der Waals surface area contributed by atoms with E-state index in [1.807, 2.05) is 0 Å². The Hall–Kier alpha value is -2.65. The molecule has 0 heterocycles. The summed E-state index contributed by atoms with van der Waals surface area (Å²) < 4.78 is 26.9. The van der Waals surface area contributed by atoms with Gasteiger partial charge < -0.3 is 5.11 Å². The molecule has 138 valence electrons. The van der Waals surface area contributed by atoms with Crippen molar-refractivity contribution in [2.45, 2.75) is 24.8 Å². The minimum atomic E-state index is -4.54. The molecule has 0 aliphatic carbocycles. The Morgan fingerprint density at radius 3 is 2.42 bits per heavy atom. The Morgan fingerprint density at radius 1 is 1.27 bits per heavy atom. The van der Waals surface area contributed by atoms with Crippen LogP contribution in [0.4, 0.5) is 11.4 Å². The van der Waals surface area contributed by atoms with E-state index in [4.69, 9.17) is 11.6 Å². The first-order valence-corrected chi connectivity index (χ1v) is 9.16. The molecule has 2 aromatic rings. The van der Waals surface area contributed by atoms with Crippen molar-refractivity contribution in [2.24, 2.45) is 0 Å². The molecule has 0 amide bonds. The monoisotopic (exact) mass is 398 g/mol. The van der Waals surface area contributed by atoms with E-state index < -0.39 is 37.5 Å². The Bertz CT molecular complexity index is 976. The lowest BCUT2D eigenvalue weighted by Gasteiger charge is -2.28. The molecule has 0 bridgehead atoms. The lowest BCUT2D eigenvalue weighted by atomic mass is 10.2. The van der Waals surface area contributed by atoms with Crippen molar-refractivity contribution in [2.75, 3.05) is 4.31 Å². The van der Waals surface area contributed by atoms with Crippen LogP contribution in [0.2, 0.25) is 5.02 Å². The highest BCUT2D eigenvalue weighted by molar-refractivity contribution is 7.93. The molecular weight excluding hydrogens is 384 g/mol. The number of carboxylic acids is 1. The van der Waals surface area contributed by atoms with Crippen molar-refractivity contribution in [3.63, 3.8) is 0 Å². The maximum absolute atomic E-state index is 13.1. The molecule has 0 aliphatic heterocycles. The van der Waals surface area contributed by atoms with E-state index >= 15 is 0 Å². The zero-order valence-corrected chi connectivity index (χ0v) is 15.4. The molecule has 1 unspecified atom stereocenters. The van der Waals surface area contributed by atoms with Gasteiger partial charge in [0.05, 0.1) is 10.6 Å².